The average Bonchev–Trinajstić information content (AvgIpc) is 3.39. The van der Waals surface area contributed by atoms with Crippen LogP contribution in [0, 0.1) is 27.7 Å². The number of halogens is 2. The van der Waals surface area contributed by atoms with Gasteiger partial charge in [-0.3, -0.25) is 14.9 Å². The normalized spacial score (nSPS) is 21.5. The van der Waals surface area contributed by atoms with Crippen LogP contribution >= 0.6 is 0 Å². The van der Waals surface area contributed by atoms with Crippen LogP contribution in [0.1, 0.15) is 46.8 Å². The van der Waals surface area contributed by atoms with Crippen LogP contribution in [0.25, 0.3) is 6.08 Å². The van der Waals surface area contributed by atoms with Crippen LogP contribution < -0.4 is 4.90 Å². The summed E-state index contributed by atoms with van der Waals surface area (Å²) in [6.45, 7) is 1.98. The Hall–Kier alpha value is -4.44. The molecule has 8 nitrogen and oxygen atoms in total. The van der Waals surface area contributed by atoms with E-state index in [1.807, 2.05) is 11.0 Å². The fourth-order valence-electron chi connectivity index (χ4n) is 5.93. The number of hydrazone groups is 1. The Morgan fingerprint density at radius 3 is 2.37 bits per heavy atom. The number of ether oxygens (including phenoxy) is 1. The lowest BCUT2D eigenvalue weighted by atomic mass is 9.77. The van der Waals surface area contributed by atoms with Crippen LogP contribution in [-0.2, 0) is 4.74 Å². The second-order valence-electron chi connectivity index (χ2n) is 10.4. The number of nitro benzene ring substituents is 1. The third-order valence-electron chi connectivity index (χ3n) is 7.90. The Kier molecular flexibility index (Phi) is 7.32. The van der Waals surface area contributed by atoms with Crippen LogP contribution in [0.2, 0.25) is 0 Å². The van der Waals surface area contributed by atoms with Crippen molar-refractivity contribution in [2.24, 2.45) is 11.0 Å². The topological polar surface area (TPSA) is 88.3 Å². The number of allylic oxidation sites excluding steroid dienone is 1. The van der Waals surface area contributed by atoms with E-state index >= 15 is 0 Å². The molecule has 3 aliphatic rings. The maximum Gasteiger partial charge on any atom is 0.293 e. The van der Waals surface area contributed by atoms with E-state index in [1.165, 1.54) is 35.3 Å². The number of amides is 1. The number of fused-ring (bicyclic) bond motifs is 1. The minimum absolute atomic E-state index is 0.146. The average molecular weight is 559 g/mol. The van der Waals surface area contributed by atoms with Gasteiger partial charge in [-0.1, -0.05) is 24.3 Å². The lowest BCUT2D eigenvalue weighted by molar-refractivity contribution is -0.384. The van der Waals surface area contributed by atoms with Crippen molar-refractivity contribution in [1.29, 1.82) is 0 Å². The van der Waals surface area contributed by atoms with E-state index in [9.17, 15) is 23.7 Å². The van der Waals surface area contributed by atoms with E-state index in [0.717, 1.165) is 41.7 Å². The molecule has 0 spiro atoms. The van der Waals surface area contributed by atoms with Gasteiger partial charge in [-0.2, -0.15) is 5.10 Å². The molecule has 3 aromatic rings. The predicted molar refractivity (Wildman–Crippen MR) is 151 cm³/mol. The first-order valence-electron chi connectivity index (χ1n) is 13.6. The van der Waals surface area contributed by atoms with E-state index in [0.29, 0.717) is 32.0 Å². The third-order valence-corrected chi connectivity index (χ3v) is 7.90. The molecule has 6 rings (SSSR count). The summed E-state index contributed by atoms with van der Waals surface area (Å²) in [5.41, 5.74) is 3.68. The molecule has 0 radical (unpaired) electrons. The number of nitro groups is 1. The highest BCUT2D eigenvalue weighted by Crippen LogP contribution is 2.45. The number of nitrogens with zero attached hydrogens (tertiary/aromatic N) is 4. The highest BCUT2D eigenvalue weighted by molar-refractivity contribution is 6.09. The fourth-order valence-corrected chi connectivity index (χ4v) is 5.93. The third kappa shape index (κ3) is 5.35. The summed E-state index contributed by atoms with van der Waals surface area (Å²) in [5, 5.41) is 18.3. The maximum atomic E-state index is 14.0. The van der Waals surface area contributed by atoms with E-state index in [-0.39, 0.29) is 28.8 Å². The molecule has 1 aliphatic carbocycles. The van der Waals surface area contributed by atoms with Gasteiger partial charge in [0, 0.05) is 30.6 Å². The van der Waals surface area contributed by atoms with Gasteiger partial charge < -0.3 is 9.64 Å². The lowest BCUT2D eigenvalue weighted by Crippen LogP contribution is -2.36. The molecular weight excluding hydrogens is 530 g/mol. The summed E-state index contributed by atoms with van der Waals surface area (Å²) in [6, 6.07) is 16.2. The van der Waals surface area contributed by atoms with Crippen LogP contribution in [0.15, 0.2) is 77.4 Å². The van der Waals surface area contributed by atoms with Crippen molar-refractivity contribution in [2.45, 2.75) is 25.3 Å². The molecule has 2 heterocycles. The molecule has 2 unspecified atom stereocenters. The first kappa shape index (κ1) is 26.8. The van der Waals surface area contributed by atoms with Gasteiger partial charge in [-0.15, -0.1) is 0 Å². The number of hydrogen-bond acceptors (Lipinski definition) is 6. The highest BCUT2D eigenvalue weighted by atomic mass is 19.1. The van der Waals surface area contributed by atoms with Crippen molar-refractivity contribution in [3.63, 3.8) is 0 Å². The summed E-state index contributed by atoms with van der Waals surface area (Å²) in [6.07, 6.45) is 4.32. The molecule has 210 valence electrons. The Morgan fingerprint density at radius 2 is 1.68 bits per heavy atom. The van der Waals surface area contributed by atoms with Gasteiger partial charge in [0.25, 0.3) is 11.6 Å². The number of morpholine rings is 1. The predicted octanol–water partition coefficient (Wildman–Crippen LogP) is 6.15. The van der Waals surface area contributed by atoms with Crippen LogP contribution in [0.5, 0.6) is 0 Å². The first-order chi connectivity index (χ1) is 19.9. The SMILES string of the molecule is O=C(c1ccc(N2CCOCC2)c([N+](=O)[O-])c1)N1N=C2C(=Cc3ccc(F)cc3)CCCC2C1c1ccc(F)cc1. The van der Waals surface area contributed by atoms with E-state index in [4.69, 9.17) is 9.84 Å². The van der Waals surface area contributed by atoms with Gasteiger partial charge in [0.05, 0.1) is 29.9 Å². The number of rotatable bonds is 5. The molecule has 41 heavy (non-hydrogen) atoms. The van der Waals surface area contributed by atoms with Crippen molar-refractivity contribution in [1.82, 2.24) is 5.01 Å². The quantitative estimate of drug-likeness (QED) is 0.277. The summed E-state index contributed by atoms with van der Waals surface area (Å²) in [7, 11) is 0. The van der Waals surface area contributed by atoms with Crippen molar-refractivity contribution < 1.29 is 23.2 Å². The number of anilines is 1. The van der Waals surface area contributed by atoms with Crippen LogP contribution in [-0.4, -0.2) is 47.9 Å². The van der Waals surface area contributed by atoms with Gasteiger partial charge in [0.2, 0.25) is 0 Å². The molecule has 0 bridgehead atoms. The van der Waals surface area contributed by atoms with E-state index < -0.39 is 16.9 Å². The summed E-state index contributed by atoms with van der Waals surface area (Å²) >= 11 is 0. The number of carbonyl (C=O) groups is 1. The Bertz CT molecular complexity index is 1530. The van der Waals surface area contributed by atoms with Gasteiger partial charge in [0.15, 0.2) is 0 Å². The molecule has 1 saturated heterocycles. The standard InChI is InChI=1S/C31H28F2N4O4/c32-24-9-4-20(5-10-24)18-22-2-1-3-26-29(22)34-36(30(26)21-6-11-25(33)12-7-21)31(38)23-8-13-27(28(19-23)37(39)40)35-14-16-41-17-15-35/h4-13,18-19,26,30H,1-3,14-17H2. The fraction of sp³-hybridized carbons (Fsp3) is 0.290. The first-order valence-corrected chi connectivity index (χ1v) is 13.6. The number of carbonyl (C=O) groups excluding carboxylic acids is 1. The lowest BCUT2D eigenvalue weighted by Gasteiger charge is -2.30. The minimum atomic E-state index is -0.506. The van der Waals surface area contributed by atoms with E-state index in [1.54, 1.807) is 36.4 Å². The number of hydrogen-bond donors (Lipinski definition) is 0. The largest absolute Gasteiger partial charge is 0.378 e. The molecule has 0 aromatic heterocycles. The zero-order valence-electron chi connectivity index (χ0n) is 22.2. The van der Waals surface area contributed by atoms with Crippen molar-refractivity contribution in [3.05, 3.63) is 111 Å². The molecule has 2 fully saturated rings. The van der Waals surface area contributed by atoms with Crippen molar-refractivity contribution in [3.8, 4) is 0 Å². The molecule has 2 atom stereocenters. The summed E-state index contributed by atoms with van der Waals surface area (Å²) < 4.78 is 32.7. The minimum Gasteiger partial charge on any atom is -0.378 e. The van der Waals surface area contributed by atoms with Gasteiger partial charge in [-0.05, 0) is 78.4 Å². The second-order valence-corrected chi connectivity index (χ2v) is 10.4. The van der Waals surface area contributed by atoms with Gasteiger partial charge in [-0.25, -0.2) is 13.8 Å². The van der Waals surface area contributed by atoms with Crippen molar-refractivity contribution in [2.75, 3.05) is 31.2 Å². The molecule has 2 aliphatic heterocycles. The van der Waals surface area contributed by atoms with Gasteiger partial charge >= 0.3 is 0 Å². The highest BCUT2D eigenvalue weighted by Gasteiger charge is 2.44. The summed E-state index contributed by atoms with van der Waals surface area (Å²) in [5.74, 6) is -1.33. The second kappa shape index (κ2) is 11.2. The molecule has 10 heteroatoms. The van der Waals surface area contributed by atoms with Crippen molar-refractivity contribution >= 4 is 29.1 Å². The Labute approximate surface area is 235 Å². The molecular formula is C31H28F2N4O4. The molecule has 3 aromatic carbocycles. The molecule has 1 saturated carbocycles. The Morgan fingerprint density at radius 1 is 1.00 bits per heavy atom. The van der Waals surface area contributed by atoms with Crippen LogP contribution in [0.3, 0.4) is 0 Å². The zero-order chi connectivity index (χ0) is 28.5. The molecule has 0 N–H and O–H groups in total. The Balaban J connectivity index is 1.40. The monoisotopic (exact) mass is 558 g/mol. The maximum absolute atomic E-state index is 14.0. The number of benzene rings is 3. The van der Waals surface area contributed by atoms with Crippen LogP contribution in [0.4, 0.5) is 20.2 Å². The molecule has 1 amide bonds. The smallest absolute Gasteiger partial charge is 0.293 e. The summed E-state index contributed by atoms with van der Waals surface area (Å²) in [4.78, 5) is 27.5. The van der Waals surface area contributed by atoms with Gasteiger partial charge in [0.1, 0.15) is 17.3 Å². The zero-order valence-corrected chi connectivity index (χ0v) is 22.2. The van der Waals surface area contributed by atoms with E-state index in [2.05, 4.69) is 0 Å².